The van der Waals surface area contributed by atoms with Crippen molar-refractivity contribution in [3.8, 4) is 5.75 Å². The number of carbonyl (C=O) groups is 2. The summed E-state index contributed by atoms with van der Waals surface area (Å²) < 4.78 is 11.0. The molecule has 0 aliphatic heterocycles. The van der Waals surface area contributed by atoms with Crippen molar-refractivity contribution in [3.63, 3.8) is 0 Å². The second kappa shape index (κ2) is 10.4. The number of hydrogen-bond acceptors (Lipinski definition) is 5. The molecule has 0 saturated heterocycles. The first kappa shape index (κ1) is 24.1. The van der Waals surface area contributed by atoms with Crippen molar-refractivity contribution in [3.05, 3.63) is 33.3 Å². The van der Waals surface area contributed by atoms with Crippen LogP contribution in [0.3, 0.4) is 0 Å². The molecule has 1 atom stereocenters. The highest BCUT2D eigenvalue weighted by molar-refractivity contribution is 6.44. The Morgan fingerprint density at radius 1 is 1.19 bits per heavy atom. The summed E-state index contributed by atoms with van der Waals surface area (Å²) in [5.41, 5.74) is 2.78. The van der Waals surface area contributed by atoms with E-state index in [0.29, 0.717) is 23.8 Å². The number of hydrogen-bond donors (Lipinski definition) is 0. The Hall–Kier alpha value is -1.56. The van der Waals surface area contributed by atoms with E-state index in [1.807, 2.05) is 6.07 Å². The van der Waals surface area contributed by atoms with Crippen LogP contribution in [0, 0.1) is 5.41 Å². The van der Waals surface area contributed by atoms with Crippen molar-refractivity contribution in [2.24, 2.45) is 5.41 Å². The van der Waals surface area contributed by atoms with E-state index >= 15 is 0 Å². The number of rotatable bonds is 10. The second-order valence-corrected chi connectivity index (χ2v) is 9.02. The summed E-state index contributed by atoms with van der Waals surface area (Å²) in [5, 5.41) is 0.651. The number of fused-ring (bicyclic) bond motifs is 3. The molecule has 170 valence electrons. The fraction of sp³-hybridized carbons (Fsp3) is 0.583. The Balaban J connectivity index is 1.65. The van der Waals surface area contributed by atoms with Crippen molar-refractivity contribution in [2.45, 2.75) is 52.9 Å². The predicted molar refractivity (Wildman–Crippen MR) is 124 cm³/mol. The highest BCUT2D eigenvalue weighted by Crippen LogP contribution is 2.57. The van der Waals surface area contributed by atoms with Crippen molar-refractivity contribution in [1.82, 2.24) is 4.90 Å². The summed E-state index contributed by atoms with van der Waals surface area (Å²) >= 11 is 13.1. The van der Waals surface area contributed by atoms with E-state index in [4.69, 9.17) is 32.7 Å². The molecule has 0 bridgehead atoms. The second-order valence-electron chi connectivity index (χ2n) is 8.26. The van der Waals surface area contributed by atoms with Gasteiger partial charge in [-0.05, 0) is 62.1 Å². The van der Waals surface area contributed by atoms with Crippen molar-refractivity contribution in [2.75, 3.05) is 32.8 Å². The van der Waals surface area contributed by atoms with Gasteiger partial charge in [-0.1, -0.05) is 44.0 Å². The topological polar surface area (TPSA) is 55.8 Å². The quantitative estimate of drug-likeness (QED) is 0.343. The molecule has 1 aromatic carbocycles. The van der Waals surface area contributed by atoms with Gasteiger partial charge in [-0.15, -0.1) is 0 Å². The molecule has 0 radical (unpaired) electrons. The summed E-state index contributed by atoms with van der Waals surface area (Å²) in [5.74, 6) is 0.0738. The minimum atomic E-state index is -0.431. The molecule has 0 N–H and O–H groups in total. The Morgan fingerprint density at radius 3 is 2.61 bits per heavy atom. The molecule has 0 aromatic heterocycles. The molecular formula is C24H31Cl2NO4. The largest absolute Gasteiger partial charge is 0.480 e. The van der Waals surface area contributed by atoms with Gasteiger partial charge in [0.25, 0.3) is 0 Å². The molecule has 5 nitrogen and oxygen atoms in total. The van der Waals surface area contributed by atoms with Crippen LogP contribution >= 0.6 is 23.2 Å². The minimum Gasteiger partial charge on any atom is -0.480 e. The number of ketones is 1. The number of halogens is 2. The van der Waals surface area contributed by atoms with E-state index in [-0.39, 0.29) is 22.8 Å². The van der Waals surface area contributed by atoms with Gasteiger partial charge in [-0.3, -0.25) is 4.79 Å². The molecule has 0 spiro atoms. The van der Waals surface area contributed by atoms with E-state index in [9.17, 15) is 9.59 Å². The molecule has 0 fully saturated rings. The Labute approximate surface area is 194 Å². The SMILES string of the molecule is CCN(CC)CCCOC(=O)COc1cc2c(c(Cl)c1Cl)C1=CC(=O)CCC1(CC)C2. The van der Waals surface area contributed by atoms with Crippen LogP contribution in [0.15, 0.2) is 12.1 Å². The van der Waals surface area contributed by atoms with Gasteiger partial charge in [-0.2, -0.15) is 0 Å². The third-order valence-corrected chi connectivity index (χ3v) is 7.43. The Kier molecular flexibility index (Phi) is 8.06. The van der Waals surface area contributed by atoms with Crippen molar-refractivity contribution in [1.29, 1.82) is 0 Å². The van der Waals surface area contributed by atoms with Crippen LogP contribution < -0.4 is 4.74 Å². The standard InChI is InChI=1S/C24H31Cl2NO4/c1-4-24-9-8-17(28)13-18(24)21-16(14-24)12-19(22(25)23(21)26)31-15-20(29)30-11-7-10-27(5-2)6-3/h12-13H,4-11,14-15H2,1-3H3. The predicted octanol–water partition coefficient (Wildman–Crippen LogP) is 5.35. The smallest absolute Gasteiger partial charge is 0.344 e. The zero-order chi connectivity index (χ0) is 22.6. The van der Waals surface area contributed by atoms with Crippen LogP contribution in [0.25, 0.3) is 5.57 Å². The van der Waals surface area contributed by atoms with Crippen LogP contribution in [0.1, 0.15) is 57.6 Å². The normalized spacial score (nSPS) is 19.8. The molecule has 0 amide bonds. The average molecular weight is 468 g/mol. The molecule has 0 saturated carbocycles. The number of benzene rings is 1. The lowest BCUT2D eigenvalue weighted by atomic mass is 9.71. The lowest BCUT2D eigenvalue weighted by Crippen LogP contribution is -2.25. The van der Waals surface area contributed by atoms with Gasteiger partial charge < -0.3 is 14.4 Å². The highest BCUT2D eigenvalue weighted by atomic mass is 35.5. The lowest BCUT2D eigenvalue weighted by molar-refractivity contribution is -0.146. The van der Waals surface area contributed by atoms with Gasteiger partial charge in [0.2, 0.25) is 0 Å². The van der Waals surface area contributed by atoms with Gasteiger partial charge in [0.15, 0.2) is 12.4 Å². The zero-order valence-electron chi connectivity index (χ0n) is 18.6. The first-order valence-corrected chi connectivity index (χ1v) is 11.9. The van der Waals surface area contributed by atoms with Gasteiger partial charge in [-0.25, -0.2) is 4.79 Å². The summed E-state index contributed by atoms with van der Waals surface area (Å²) in [6, 6.07) is 1.86. The highest BCUT2D eigenvalue weighted by Gasteiger charge is 2.44. The summed E-state index contributed by atoms with van der Waals surface area (Å²) in [6.07, 6.45) is 5.60. The van der Waals surface area contributed by atoms with E-state index in [1.165, 1.54) is 0 Å². The molecular weight excluding hydrogens is 437 g/mol. The molecule has 0 heterocycles. The van der Waals surface area contributed by atoms with Crippen LogP contribution in [0.2, 0.25) is 10.0 Å². The average Bonchev–Trinajstić information content (AvgIpc) is 3.09. The summed E-state index contributed by atoms with van der Waals surface area (Å²) in [7, 11) is 0. The first-order chi connectivity index (χ1) is 14.8. The minimum absolute atomic E-state index is 0.0778. The van der Waals surface area contributed by atoms with Gasteiger partial charge in [0, 0.05) is 23.9 Å². The lowest BCUT2D eigenvalue weighted by Gasteiger charge is -2.32. The van der Waals surface area contributed by atoms with Gasteiger partial charge in [0.05, 0.1) is 11.6 Å². The van der Waals surface area contributed by atoms with Crippen LogP contribution in [0.4, 0.5) is 0 Å². The third kappa shape index (κ3) is 5.10. The Bertz CT molecular complexity index is 879. The number of allylic oxidation sites excluding steroid dienone is 2. The monoisotopic (exact) mass is 467 g/mol. The fourth-order valence-electron chi connectivity index (χ4n) is 4.64. The molecule has 2 aliphatic rings. The van der Waals surface area contributed by atoms with E-state index in [1.54, 1.807) is 6.08 Å². The fourth-order valence-corrected chi connectivity index (χ4v) is 5.16. The maximum atomic E-state index is 12.1. The van der Waals surface area contributed by atoms with Gasteiger partial charge >= 0.3 is 5.97 Å². The van der Waals surface area contributed by atoms with E-state index in [2.05, 4.69) is 25.7 Å². The third-order valence-electron chi connectivity index (χ3n) is 6.58. The molecule has 7 heteroatoms. The molecule has 31 heavy (non-hydrogen) atoms. The van der Waals surface area contributed by atoms with E-state index in [0.717, 1.165) is 62.0 Å². The summed E-state index contributed by atoms with van der Waals surface area (Å²) in [6.45, 7) is 9.36. The molecule has 1 aromatic rings. The summed E-state index contributed by atoms with van der Waals surface area (Å²) in [4.78, 5) is 26.4. The zero-order valence-corrected chi connectivity index (χ0v) is 20.1. The van der Waals surface area contributed by atoms with Crippen molar-refractivity contribution >= 4 is 40.5 Å². The molecule has 2 aliphatic carbocycles. The maximum absolute atomic E-state index is 12.1. The van der Waals surface area contributed by atoms with Gasteiger partial charge in [0.1, 0.15) is 10.8 Å². The number of ether oxygens (including phenoxy) is 2. The number of carbonyl (C=O) groups excluding carboxylic acids is 2. The Morgan fingerprint density at radius 2 is 1.94 bits per heavy atom. The van der Waals surface area contributed by atoms with Crippen molar-refractivity contribution < 1.29 is 19.1 Å². The number of nitrogens with zero attached hydrogens (tertiary/aromatic N) is 1. The first-order valence-electron chi connectivity index (χ1n) is 11.1. The van der Waals surface area contributed by atoms with Crippen LogP contribution in [0.5, 0.6) is 5.75 Å². The van der Waals surface area contributed by atoms with Crippen LogP contribution in [-0.2, 0) is 20.7 Å². The molecule has 3 rings (SSSR count). The molecule has 1 unspecified atom stereocenters. The maximum Gasteiger partial charge on any atom is 0.344 e. The number of esters is 1. The van der Waals surface area contributed by atoms with E-state index < -0.39 is 5.97 Å². The van der Waals surface area contributed by atoms with Crippen LogP contribution in [-0.4, -0.2) is 49.5 Å².